The van der Waals surface area contributed by atoms with Gasteiger partial charge in [-0.1, -0.05) is 26.9 Å². The van der Waals surface area contributed by atoms with Gasteiger partial charge >= 0.3 is 0 Å². The molecule has 0 unspecified atom stereocenters. The minimum atomic E-state index is -1.03. The quantitative estimate of drug-likeness (QED) is 0.331. The molecule has 0 aromatic heterocycles. The van der Waals surface area contributed by atoms with Crippen LogP contribution in [-0.2, 0) is 12.1 Å². The van der Waals surface area contributed by atoms with E-state index in [-0.39, 0.29) is 0 Å². The Morgan fingerprint density at radius 1 is 1.20 bits per heavy atom. The van der Waals surface area contributed by atoms with E-state index in [0.29, 0.717) is 0 Å². The second kappa shape index (κ2) is 1.35. The first-order chi connectivity index (χ1) is 2.00. The van der Waals surface area contributed by atoms with E-state index < -0.39 is 7.22 Å². The van der Waals surface area contributed by atoms with E-state index in [1.165, 1.54) is 0 Å². The summed E-state index contributed by atoms with van der Waals surface area (Å²) >= 11 is 4.97. The molecule has 2 heteroatoms. The highest BCUT2D eigenvalue weighted by Gasteiger charge is 1.84. The van der Waals surface area contributed by atoms with Gasteiger partial charge < -0.3 is 12.1 Å². The van der Waals surface area contributed by atoms with Crippen LogP contribution in [-0.4, -0.2) is 7.22 Å². The summed E-state index contributed by atoms with van der Waals surface area (Å²) in [6.07, 6.45) is 0. The topological polar surface area (TPSA) is 0 Å². The van der Waals surface area contributed by atoms with Crippen molar-refractivity contribution in [3.8, 4) is 0 Å². The van der Waals surface area contributed by atoms with Crippen molar-refractivity contribution in [2.45, 2.75) is 19.6 Å². The second-order valence-corrected chi connectivity index (χ2v) is 10.0. The Bertz CT molecular complexity index is 22.4. The lowest BCUT2D eigenvalue weighted by Gasteiger charge is -2.21. The summed E-state index contributed by atoms with van der Waals surface area (Å²) in [7, 11) is -1.03. The first-order valence-electron chi connectivity index (χ1n) is 1.70. The molecule has 5 heavy (non-hydrogen) atoms. The average Bonchev–Trinajstić information content (AvgIpc) is 0.722. The molecule has 0 spiro atoms. The maximum absolute atomic E-state index is 4.97. The molecule has 0 fully saturated rings. The lowest BCUT2D eigenvalue weighted by molar-refractivity contribution is 1.88. The minimum absolute atomic E-state index is 1.03. The standard InChI is InChI=1S/C3H9SSi/c1-5(2,3)4/h1-3H3/q-1. The van der Waals surface area contributed by atoms with Crippen LogP contribution in [0.15, 0.2) is 0 Å². The van der Waals surface area contributed by atoms with Crippen LogP contribution in [0.2, 0.25) is 19.6 Å². The van der Waals surface area contributed by atoms with E-state index in [2.05, 4.69) is 19.6 Å². The van der Waals surface area contributed by atoms with Gasteiger partial charge in [0.05, 0.1) is 0 Å². The fourth-order valence-corrected chi connectivity index (χ4v) is 0. The van der Waals surface area contributed by atoms with Crippen molar-refractivity contribution in [1.82, 2.24) is 0 Å². The van der Waals surface area contributed by atoms with Crippen LogP contribution in [0.4, 0.5) is 0 Å². The molecule has 0 amide bonds. The van der Waals surface area contributed by atoms with Crippen LogP contribution in [0, 0.1) is 0 Å². The first-order valence-corrected chi connectivity index (χ1v) is 6.34. The van der Waals surface area contributed by atoms with Crippen molar-refractivity contribution in [2.75, 3.05) is 0 Å². The van der Waals surface area contributed by atoms with Crippen LogP contribution in [0.25, 0.3) is 0 Å². The Morgan fingerprint density at radius 2 is 1.20 bits per heavy atom. The third kappa shape index (κ3) is 93.6. The molecule has 0 aliphatic rings. The molecule has 0 aliphatic heterocycles. The van der Waals surface area contributed by atoms with Gasteiger partial charge in [0.15, 0.2) is 0 Å². The maximum Gasteiger partial charge on any atom is -0.0898 e. The van der Waals surface area contributed by atoms with E-state index in [0.717, 1.165) is 0 Å². The highest BCUT2D eigenvalue weighted by molar-refractivity contribution is 7.97. The summed E-state index contributed by atoms with van der Waals surface area (Å²) in [6, 6.07) is 0. The summed E-state index contributed by atoms with van der Waals surface area (Å²) < 4.78 is 0. The Hall–Kier alpha value is 0.567. The van der Waals surface area contributed by atoms with Crippen molar-refractivity contribution in [1.29, 1.82) is 0 Å². The summed E-state index contributed by atoms with van der Waals surface area (Å²) in [4.78, 5) is 0. The van der Waals surface area contributed by atoms with Gasteiger partial charge in [-0.05, 0) is 0 Å². The third-order valence-corrected chi connectivity index (χ3v) is 0. The van der Waals surface area contributed by atoms with Crippen molar-refractivity contribution >= 4 is 19.3 Å². The Balaban J connectivity index is 3.02. The Kier molecular flexibility index (Phi) is 1.50. The maximum atomic E-state index is 4.97. The average molecular weight is 105 g/mol. The molecule has 0 aliphatic carbocycles. The Labute approximate surface area is 39.6 Å². The van der Waals surface area contributed by atoms with E-state index >= 15 is 0 Å². The molecule has 0 radical (unpaired) electrons. The normalized spacial score (nSPS) is 12.0. The van der Waals surface area contributed by atoms with Gasteiger partial charge in [0.2, 0.25) is 0 Å². The minimum Gasteiger partial charge on any atom is -0.797 e. The van der Waals surface area contributed by atoms with Gasteiger partial charge in [0, 0.05) is 0 Å². The SMILES string of the molecule is C[Si](C)(C)[S-]. The van der Waals surface area contributed by atoms with Gasteiger partial charge in [-0.2, -0.15) is 0 Å². The molecule has 0 atom stereocenters. The zero-order valence-electron chi connectivity index (χ0n) is 3.91. The molecule has 0 saturated heterocycles. The van der Waals surface area contributed by atoms with Crippen molar-refractivity contribution in [3.05, 3.63) is 0 Å². The van der Waals surface area contributed by atoms with Crippen molar-refractivity contribution < 1.29 is 0 Å². The molecule has 32 valence electrons. The van der Waals surface area contributed by atoms with Crippen LogP contribution in [0.5, 0.6) is 0 Å². The van der Waals surface area contributed by atoms with Gasteiger partial charge in [-0.15, -0.1) is 0 Å². The van der Waals surface area contributed by atoms with Gasteiger partial charge in [0.1, 0.15) is 0 Å². The fraction of sp³-hybridized carbons (Fsp3) is 1.00. The predicted molar refractivity (Wildman–Crippen MR) is 30.7 cm³/mol. The van der Waals surface area contributed by atoms with Crippen LogP contribution >= 0.6 is 0 Å². The Morgan fingerprint density at radius 3 is 1.20 bits per heavy atom. The lowest BCUT2D eigenvalue weighted by atomic mass is 11.8. The summed E-state index contributed by atoms with van der Waals surface area (Å²) in [6.45, 7) is 6.42. The number of rotatable bonds is 0. The van der Waals surface area contributed by atoms with Crippen molar-refractivity contribution in [3.63, 3.8) is 0 Å². The zero-order chi connectivity index (χ0) is 4.50. The molecule has 0 saturated carbocycles. The van der Waals surface area contributed by atoms with E-state index in [1.54, 1.807) is 0 Å². The summed E-state index contributed by atoms with van der Waals surface area (Å²) in [5, 5.41) is 0. The molecular formula is C3H9SSi-. The molecule has 0 rings (SSSR count). The smallest absolute Gasteiger partial charge is 0.0898 e. The lowest BCUT2D eigenvalue weighted by Crippen LogP contribution is -2.13. The van der Waals surface area contributed by atoms with E-state index in [9.17, 15) is 0 Å². The molecule has 0 nitrogen and oxygen atoms in total. The van der Waals surface area contributed by atoms with Gasteiger partial charge in [0.25, 0.3) is 0 Å². The third-order valence-electron chi connectivity index (χ3n) is 0. The van der Waals surface area contributed by atoms with Crippen LogP contribution < -0.4 is 0 Å². The number of hydrogen-bond acceptors (Lipinski definition) is 1. The molecular weight excluding hydrogens is 96.2 g/mol. The number of hydrogen-bond donors (Lipinski definition) is 0. The van der Waals surface area contributed by atoms with Crippen LogP contribution in [0.3, 0.4) is 0 Å². The monoisotopic (exact) mass is 105 g/mol. The molecule has 0 N–H and O–H groups in total. The molecule has 0 heterocycles. The molecule has 0 aromatic rings. The zero-order valence-corrected chi connectivity index (χ0v) is 5.72. The largest absolute Gasteiger partial charge is 0.797 e. The first kappa shape index (κ1) is 5.57. The highest BCUT2D eigenvalue weighted by atomic mass is 32.3. The highest BCUT2D eigenvalue weighted by Crippen LogP contribution is 1.91. The molecule has 0 aromatic carbocycles. The van der Waals surface area contributed by atoms with E-state index in [1.807, 2.05) is 0 Å². The predicted octanol–water partition coefficient (Wildman–Crippen LogP) is 1.37. The molecule has 0 bridgehead atoms. The fourth-order valence-electron chi connectivity index (χ4n) is 0. The van der Waals surface area contributed by atoms with Crippen LogP contribution in [0.1, 0.15) is 0 Å². The van der Waals surface area contributed by atoms with Gasteiger partial charge in [-0.25, -0.2) is 0 Å². The second-order valence-electron chi connectivity index (χ2n) is 2.11. The van der Waals surface area contributed by atoms with Gasteiger partial charge in [-0.3, -0.25) is 0 Å². The van der Waals surface area contributed by atoms with Crippen molar-refractivity contribution in [2.24, 2.45) is 0 Å². The summed E-state index contributed by atoms with van der Waals surface area (Å²) in [5.41, 5.74) is 0. The van der Waals surface area contributed by atoms with E-state index in [4.69, 9.17) is 12.1 Å². The summed E-state index contributed by atoms with van der Waals surface area (Å²) in [5.74, 6) is 0.